The molecule has 2 aromatic heterocycles. The van der Waals surface area contributed by atoms with Crippen LogP contribution in [0.15, 0.2) is 36.4 Å². The van der Waals surface area contributed by atoms with Gasteiger partial charge in [-0.25, -0.2) is 9.97 Å². The van der Waals surface area contributed by atoms with E-state index in [0.29, 0.717) is 12.1 Å². The molecule has 5 nitrogen and oxygen atoms in total. The number of aryl methyl sites for hydroxylation is 1. The van der Waals surface area contributed by atoms with E-state index in [1.165, 1.54) is 5.56 Å². The third-order valence-corrected chi connectivity index (χ3v) is 6.75. The molecule has 5 rings (SSSR count). The SMILES string of the molecule is CC(=O)N1C[C@@H]2C[C@H]1CN2Cc1ccc(-c2nc3ccc(C)nc3s2)cc1. The molecule has 2 aliphatic rings. The summed E-state index contributed by atoms with van der Waals surface area (Å²) in [6, 6.07) is 13.7. The predicted octanol–water partition coefficient (Wildman–Crippen LogP) is 3.47. The molecule has 2 atom stereocenters. The van der Waals surface area contributed by atoms with Gasteiger partial charge in [0, 0.05) is 49.9 Å². The number of hydrogen-bond donors (Lipinski definition) is 0. The van der Waals surface area contributed by atoms with Gasteiger partial charge in [0.15, 0.2) is 0 Å². The van der Waals surface area contributed by atoms with Gasteiger partial charge in [-0.15, -0.1) is 0 Å². The number of aromatic nitrogens is 2. The molecule has 3 aromatic rings. The highest BCUT2D eigenvalue weighted by molar-refractivity contribution is 7.21. The van der Waals surface area contributed by atoms with Crippen molar-refractivity contribution in [3.63, 3.8) is 0 Å². The van der Waals surface area contributed by atoms with Crippen molar-refractivity contribution in [2.75, 3.05) is 13.1 Å². The number of nitrogens with zero attached hydrogens (tertiary/aromatic N) is 4. The van der Waals surface area contributed by atoms with Gasteiger partial charge in [0.2, 0.25) is 5.91 Å². The maximum Gasteiger partial charge on any atom is 0.219 e. The Hall–Kier alpha value is -2.31. The van der Waals surface area contributed by atoms with Crippen LogP contribution in [0.3, 0.4) is 0 Å². The van der Waals surface area contributed by atoms with Crippen LogP contribution in [-0.2, 0) is 11.3 Å². The van der Waals surface area contributed by atoms with E-state index in [2.05, 4.69) is 34.1 Å². The number of pyridine rings is 1. The Balaban J connectivity index is 1.30. The second-order valence-electron chi connectivity index (χ2n) is 7.64. The fourth-order valence-electron chi connectivity index (χ4n) is 4.35. The van der Waals surface area contributed by atoms with Gasteiger partial charge >= 0.3 is 0 Å². The van der Waals surface area contributed by atoms with Crippen LogP contribution < -0.4 is 0 Å². The minimum Gasteiger partial charge on any atom is -0.337 e. The van der Waals surface area contributed by atoms with Crippen molar-refractivity contribution in [2.24, 2.45) is 0 Å². The zero-order chi connectivity index (χ0) is 18.5. The number of amides is 1. The average molecular weight is 379 g/mol. The molecule has 0 saturated carbocycles. The van der Waals surface area contributed by atoms with E-state index in [0.717, 1.165) is 52.7 Å². The van der Waals surface area contributed by atoms with E-state index >= 15 is 0 Å². The highest BCUT2D eigenvalue weighted by Gasteiger charge is 2.43. The molecule has 1 amide bonds. The van der Waals surface area contributed by atoms with E-state index in [4.69, 9.17) is 4.98 Å². The number of hydrogen-bond acceptors (Lipinski definition) is 5. The summed E-state index contributed by atoms with van der Waals surface area (Å²) in [5, 5.41) is 1.02. The summed E-state index contributed by atoms with van der Waals surface area (Å²) in [7, 11) is 0. The van der Waals surface area contributed by atoms with Crippen LogP contribution in [0.2, 0.25) is 0 Å². The summed E-state index contributed by atoms with van der Waals surface area (Å²) in [6.07, 6.45) is 1.12. The van der Waals surface area contributed by atoms with E-state index in [-0.39, 0.29) is 5.91 Å². The highest BCUT2D eigenvalue weighted by Crippen LogP contribution is 2.33. The molecule has 0 N–H and O–H groups in total. The van der Waals surface area contributed by atoms with Gasteiger partial charge in [0.1, 0.15) is 15.4 Å². The van der Waals surface area contributed by atoms with Gasteiger partial charge in [-0.05, 0) is 31.0 Å². The zero-order valence-electron chi connectivity index (χ0n) is 15.6. The standard InChI is InChI=1S/C21H22N4OS/c1-13-3-8-19-21(22-13)27-20(23-19)16-6-4-15(5-7-16)10-24-11-18-9-17(24)12-25(18)14(2)26/h3-8,17-18H,9-12H2,1-2H3/t17-,18-/m0/s1. The molecule has 0 unspecified atom stereocenters. The first kappa shape index (κ1) is 16.8. The molecule has 2 fully saturated rings. The molecule has 2 saturated heterocycles. The van der Waals surface area contributed by atoms with Crippen LogP contribution in [-0.4, -0.2) is 50.8 Å². The Kier molecular flexibility index (Phi) is 3.98. The molecule has 6 heteroatoms. The van der Waals surface area contributed by atoms with Crippen LogP contribution in [0, 0.1) is 6.92 Å². The number of benzene rings is 1. The van der Waals surface area contributed by atoms with Crippen LogP contribution >= 0.6 is 11.3 Å². The lowest BCUT2D eigenvalue weighted by Crippen LogP contribution is -2.47. The van der Waals surface area contributed by atoms with Gasteiger partial charge in [0.05, 0.1) is 0 Å². The second-order valence-corrected chi connectivity index (χ2v) is 8.61. The van der Waals surface area contributed by atoms with E-state index in [1.807, 2.05) is 24.0 Å². The van der Waals surface area contributed by atoms with Crippen molar-refractivity contribution >= 4 is 27.6 Å². The maximum absolute atomic E-state index is 11.7. The number of fused-ring (bicyclic) bond motifs is 3. The van der Waals surface area contributed by atoms with Crippen LogP contribution in [0.4, 0.5) is 0 Å². The topological polar surface area (TPSA) is 49.3 Å². The van der Waals surface area contributed by atoms with Crippen molar-refractivity contribution in [3.8, 4) is 10.6 Å². The quantitative estimate of drug-likeness (QED) is 0.700. The number of carbonyl (C=O) groups excluding carboxylic acids is 1. The summed E-state index contributed by atoms with van der Waals surface area (Å²) < 4.78 is 0. The summed E-state index contributed by atoms with van der Waals surface area (Å²) in [5.41, 5.74) is 4.45. The van der Waals surface area contributed by atoms with Crippen molar-refractivity contribution in [2.45, 2.75) is 38.9 Å². The summed E-state index contributed by atoms with van der Waals surface area (Å²) in [4.78, 5) is 26.5. The molecule has 0 aliphatic carbocycles. The second kappa shape index (κ2) is 6.39. The number of carbonyl (C=O) groups is 1. The normalized spacial score (nSPS) is 22.1. The van der Waals surface area contributed by atoms with Crippen molar-refractivity contribution in [3.05, 3.63) is 47.7 Å². The first-order valence-electron chi connectivity index (χ1n) is 9.41. The largest absolute Gasteiger partial charge is 0.337 e. The zero-order valence-corrected chi connectivity index (χ0v) is 16.4. The lowest BCUT2D eigenvalue weighted by molar-refractivity contribution is -0.131. The monoisotopic (exact) mass is 378 g/mol. The fourth-order valence-corrected chi connectivity index (χ4v) is 5.34. The molecular weight excluding hydrogens is 356 g/mol. The fraction of sp³-hybridized carbons (Fsp3) is 0.381. The highest BCUT2D eigenvalue weighted by atomic mass is 32.1. The van der Waals surface area contributed by atoms with Gasteiger partial charge in [0.25, 0.3) is 0 Å². The number of likely N-dealkylation sites (tertiary alicyclic amines) is 2. The molecule has 138 valence electrons. The summed E-state index contributed by atoms with van der Waals surface area (Å²) >= 11 is 1.65. The molecule has 0 spiro atoms. The van der Waals surface area contributed by atoms with E-state index in [1.54, 1.807) is 18.3 Å². The Bertz CT molecular complexity index is 1010. The summed E-state index contributed by atoms with van der Waals surface area (Å²) in [5.74, 6) is 0.215. The maximum atomic E-state index is 11.7. The first-order chi connectivity index (χ1) is 13.1. The molecule has 0 radical (unpaired) electrons. The number of rotatable bonds is 3. The molecule has 4 heterocycles. The van der Waals surface area contributed by atoms with Crippen LogP contribution in [0.1, 0.15) is 24.6 Å². The number of piperazine rings is 1. The average Bonchev–Trinajstić information content (AvgIpc) is 3.35. The van der Waals surface area contributed by atoms with Crippen LogP contribution in [0.25, 0.3) is 20.9 Å². The Morgan fingerprint density at radius 3 is 2.63 bits per heavy atom. The molecule has 2 aliphatic heterocycles. The Labute approximate surface area is 162 Å². The van der Waals surface area contributed by atoms with Gasteiger partial charge < -0.3 is 4.90 Å². The Morgan fingerprint density at radius 2 is 1.93 bits per heavy atom. The Morgan fingerprint density at radius 1 is 1.11 bits per heavy atom. The molecular formula is C21H22N4OS. The van der Waals surface area contributed by atoms with Crippen LogP contribution in [0.5, 0.6) is 0 Å². The van der Waals surface area contributed by atoms with Crippen molar-refractivity contribution in [1.29, 1.82) is 0 Å². The molecule has 27 heavy (non-hydrogen) atoms. The van der Waals surface area contributed by atoms with E-state index in [9.17, 15) is 4.79 Å². The van der Waals surface area contributed by atoms with Gasteiger partial charge in [-0.1, -0.05) is 35.6 Å². The smallest absolute Gasteiger partial charge is 0.219 e. The molecule has 2 bridgehead atoms. The third-order valence-electron chi connectivity index (χ3n) is 5.74. The number of thiazole rings is 1. The van der Waals surface area contributed by atoms with Gasteiger partial charge in [-0.3, -0.25) is 9.69 Å². The lowest BCUT2D eigenvalue weighted by atomic mass is 10.1. The van der Waals surface area contributed by atoms with Crippen molar-refractivity contribution < 1.29 is 4.79 Å². The minimum absolute atomic E-state index is 0.215. The van der Waals surface area contributed by atoms with Crippen molar-refractivity contribution in [1.82, 2.24) is 19.8 Å². The minimum atomic E-state index is 0.215. The lowest BCUT2D eigenvalue weighted by Gasteiger charge is -2.33. The predicted molar refractivity (Wildman–Crippen MR) is 108 cm³/mol. The third kappa shape index (κ3) is 3.03. The first-order valence-corrected chi connectivity index (χ1v) is 10.2. The summed E-state index contributed by atoms with van der Waals surface area (Å²) in [6.45, 7) is 6.52. The van der Waals surface area contributed by atoms with E-state index < -0.39 is 0 Å². The van der Waals surface area contributed by atoms with Gasteiger partial charge in [-0.2, -0.15) is 0 Å². The molecule has 1 aromatic carbocycles.